The Hall–Kier alpha value is -2.79. The van der Waals surface area contributed by atoms with Gasteiger partial charge in [0.05, 0.1) is 18.7 Å². The highest BCUT2D eigenvalue weighted by molar-refractivity contribution is 6.46. The van der Waals surface area contributed by atoms with Crippen molar-refractivity contribution >= 4 is 29.1 Å². The van der Waals surface area contributed by atoms with Crippen molar-refractivity contribution in [2.45, 2.75) is 46.1 Å². The molecule has 1 heterocycles. The van der Waals surface area contributed by atoms with E-state index >= 15 is 0 Å². The summed E-state index contributed by atoms with van der Waals surface area (Å²) in [6.45, 7) is 8.27. The van der Waals surface area contributed by atoms with E-state index in [0.717, 1.165) is 22.4 Å². The highest BCUT2D eigenvalue weighted by Gasteiger charge is 2.45. The highest BCUT2D eigenvalue weighted by Crippen LogP contribution is 2.41. The second-order valence-electron chi connectivity index (χ2n) is 8.11. The second kappa shape index (κ2) is 9.15. The lowest BCUT2D eigenvalue weighted by Crippen LogP contribution is -2.30. The van der Waals surface area contributed by atoms with Crippen molar-refractivity contribution in [3.05, 3.63) is 69.2 Å². The number of halogens is 1. The quantitative estimate of drug-likeness (QED) is 0.359. The molecule has 0 bridgehead atoms. The van der Waals surface area contributed by atoms with E-state index in [1.165, 1.54) is 4.90 Å². The summed E-state index contributed by atoms with van der Waals surface area (Å²) in [7, 11) is 1.61. The maximum atomic E-state index is 13.0. The molecule has 0 saturated carbocycles. The van der Waals surface area contributed by atoms with E-state index in [9.17, 15) is 14.7 Å². The van der Waals surface area contributed by atoms with Gasteiger partial charge in [0.25, 0.3) is 11.7 Å². The van der Waals surface area contributed by atoms with Gasteiger partial charge in [0, 0.05) is 17.1 Å². The molecule has 0 aromatic heterocycles. The summed E-state index contributed by atoms with van der Waals surface area (Å²) >= 11 is 6.04. The molecule has 1 atom stereocenters. The Morgan fingerprint density at radius 2 is 1.84 bits per heavy atom. The number of nitrogens with zero attached hydrogens (tertiary/aromatic N) is 1. The average Bonchev–Trinajstić information content (AvgIpc) is 2.98. The molecular weight excluding hydrogens is 414 g/mol. The SMILES string of the molecule is CCCN1C(=O)C(=O)/C(=C(/O)c2cc(C(C)C)c(OC)cc2C)C1c1ccc(Cl)cc1. The molecule has 1 aliphatic rings. The highest BCUT2D eigenvalue weighted by atomic mass is 35.5. The summed E-state index contributed by atoms with van der Waals surface area (Å²) in [5.41, 5.74) is 3.03. The van der Waals surface area contributed by atoms with Gasteiger partial charge in [0.1, 0.15) is 11.5 Å². The van der Waals surface area contributed by atoms with E-state index in [1.807, 2.05) is 39.8 Å². The van der Waals surface area contributed by atoms with Crippen LogP contribution in [0.4, 0.5) is 0 Å². The molecule has 1 N–H and O–H groups in total. The number of ether oxygens (including phenoxy) is 1. The van der Waals surface area contributed by atoms with Crippen molar-refractivity contribution < 1.29 is 19.4 Å². The Labute approximate surface area is 188 Å². The second-order valence-corrected chi connectivity index (χ2v) is 8.54. The normalized spacial score (nSPS) is 18.2. The van der Waals surface area contributed by atoms with Crippen LogP contribution in [0.2, 0.25) is 5.02 Å². The fraction of sp³-hybridized carbons (Fsp3) is 0.360. The van der Waals surface area contributed by atoms with Gasteiger partial charge >= 0.3 is 0 Å². The summed E-state index contributed by atoms with van der Waals surface area (Å²) < 4.78 is 5.50. The summed E-state index contributed by atoms with van der Waals surface area (Å²) in [6, 6.07) is 10.0. The van der Waals surface area contributed by atoms with Gasteiger partial charge in [-0.3, -0.25) is 9.59 Å². The topological polar surface area (TPSA) is 66.8 Å². The summed E-state index contributed by atoms with van der Waals surface area (Å²) in [4.78, 5) is 27.4. The molecular formula is C25H28ClNO4. The molecule has 1 fully saturated rings. The first kappa shape index (κ1) is 22.9. The van der Waals surface area contributed by atoms with Gasteiger partial charge in [-0.15, -0.1) is 0 Å². The molecule has 6 heteroatoms. The van der Waals surface area contributed by atoms with Gasteiger partial charge < -0.3 is 14.7 Å². The molecule has 1 aliphatic heterocycles. The minimum Gasteiger partial charge on any atom is -0.507 e. The van der Waals surface area contributed by atoms with Crippen LogP contribution in [0.25, 0.3) is 5.76 Å². The minimum atomic E-state index is -0.674. The molecule has 2 aromatic carbocycles. The van der Waals surface area contributed by atoms with Crippen molar-refractivity contribution in [2.24, 2.45) is 0 Å². The molecule has 1 amide bonds. The first-order valence-corrected chi connectivity index (χ1v) is 10.8. The molecule has 164 valence electrons. The monoisotopic (exact) mass is 441 g/mol. The maximum absolute atomic E-state index is 13.0. The van der Waals surface area contributed by atoms with Crippen LogP contribution in [0.15, 0.2) is 42.0 Å². The van der Waals surface area contributed by atoms with E-state index < -0.39 is 17.7 Å². The molecule has 0 aliphatic carbocycles. The number of benzene rings is 2. The van der Waals surface area contributed by atoms with Crippen molar-refractivity contribution in [3.63, 3.8) is 0 Å². The Bertz CT molecular complexity index is 1040. The van der Waals surface area contributed by atoms with E-state index in [4.69, 9.17) is 16.3 Å². The first-order chi connectivity index (χ1) is 14.7. The molecule has 3 rings (SSSR count). The number of rotatable bonds is 6. The largest absolute Gasteiger partial charge is 0.507 e. The number of aryl methyl sites for hydroxylation is 1. The Morgan fingerprint density at radius 1 is 1.19 bits per heavy atom. The lowest BCUT2D eigenvalue weighted by Gasteiger charge is -2.25. The van der Waals surface area contributed by atoms with Gasteiger partial charge in [-0.25, -0.2) is 0 Å². The number of carbonyl (C=O) groups excluding carboxylic acids is 2. The predicted octanol–water partition coefficient (Wildman–Crippen LogP) is 5.61. The van der Waals surface area contributed by atoms with Gasteiger partial charge in [0.2, 0.25) is 0 Å². The number of hydrogen-bond donors (Lipinski definition) is 1. The number of ketones is 1. The first-order valence-electron chi connectivity index (χ1n) is 10.4. The number of aliphatic hydroxyl groups excluding tert-OH is 1. The van der Waals surface area contributed by atoms with Crippen LogP contribution < -0.4 is 4.74 Å². The fourth-order valence-corrected chi connectivity index (χ4v) is 4.20. The van der Waals surface area contributed by atoms with E-state index in [0.29, 0.717) is 23.6 Å². The van der Waals surface area contributed by atoms with E-state index in [-0.39, 0.29) is 17.3 Å². The van der Waals surface area contributed by atoms with Crippen LogP contribution in [0.5, 0.6) is 5.75 Å². The number of Topliss-reactive ketones (excluding diaryl/α,β-unsaturated/α-hetero) is 1. The molecule has 0 radical (unpaired) electrons. The van der Waals surface area contributed by atoms with E-state index in [2.05, 4.69) is 0 Å². The van der Waals surface area contributed by atoms with Crippen LogP contribution in [-0.2, 0) is 9.59 Å². The van der Waals surface area contributed by atoms with Gasteiger partial charge in [-0.1, -0.05) is 44.5 Å². The molecule has 1 unspecified atom stereocenters. The van der Waals surface area contributed by atoms with Crippen LogP contribution in [0.1, 0.15) is 61.4 Å². The number of methoxy groups -OCH3 is 1. The minimum absolute atomic E-state index is 0.101. The molecule has 1 saturated heterocycles. The van der Waals surface area contributed by atoms with Crippen molar-refractivity contribution in [1.82, 2.24) is 4.90 Å². The number of carbonyl (C=O) groups is 2. The Balaban J connectivity index is 2.25. The van der Waals surface area contributed by atoms with Gasteiger partial charge in [-0.05, 0) is 60.2 Å². The number of aliphatic hydroxyl groups is 1. The standard InChI is InChI=1S/C25H28ClNO4/c1-6-11-27-22(16-7-9-17(26)10-8-16)21(24(29)25(27)30)23(28)19-13-18(14(2)3)20(31-5)12-15(19)4/h7-10,12-14,22,28H,6,11H2,1-5H3/b23-21+. The zero-order chi connectivity index (χ0) is 22.9. The summed E-state index contributed by atoms with van der Waals surface area (Å²) in [5, 5.41) is 11.9. The van der Waals surface area contributed by atoms with Crippen LogP contribution in [0.3, 0.4) is 0 Å². The molecule has 5 nitrogen and oxygen atoms in total. The lowest BCUT2D eigenvalue weighted by molar-refractivity contribution is -0.139. The Kier molecular flexibility index (Phi) is 6.75. The molecule has 31 heavy (non-hydrogen) atoms. The zero-order valence-electron chi connectivity index (χ0n) is 18.5. The third-order valence-corrected chi connectivity index (χ3v) is 5.90. The van der Waals surface area contributed by atoms with Gasteiger partial charge in [0.15, 0.2) is 0 Å². The van der Waals surface area contributed by atoms with Crippen molar-refractivity contribution in [3.8, 4) is 5.75 Å². The Morgan fingerprint density at radius 3 is 2.39 bits per heavy atom. The zero-order valence-corrected chi connectivity index (χ0v) is 19.3. The lowest BCUT2D eigenvalue weighted by atomic mass is 9.91. The maximum Gasteiger partial charge on any atom is 0.295 e. The van der Waals surface area contributed by atoms with Gasteiger partial charge in [-0.2, -0.15) is 0 Å². The van der Waals surface area contributed by atoms with Crippen LogP contribution in [0, 0.1) is 6.92 Å². The summed E-state index contributed by atoms with van der Waals surface area (Å²) in [5.74, 6) is -0.564. The third-order valence-electron chi connectivity index (χ3n) is 5.64. The van der Waals surface area contributed by atoms with Crippen molar-refractivity contribution in [1.29, 1.82) is 0 Å². The van der Waals surface area contributed by atoms with Crippen LogP contribution >= 0.6 is 11.6 Å². The van der Waals surface area contributed by atoms with Crippen LogP contribution in [-0.4, -0.2) is 35.4 Å². The third kappa shape index (κ3) is 4.19. The molecule has 0 spiro atoms. The predicted molar refractivity (Wildman–Crippen MR) is 123 cm³/mol. The summed E-state index contributed by atoms with van der Waals surface area (Å²) in [6.07, 6.45) is 0.691. The fourth-order valence-electron chi connectivity index (χ4n) is 4.07. The van der Waals surface area contributed by atoms with Crippen molar-refractivity contribution in [2.75, 3.05) is 13.7 Å². The number of hydrogen-bond acceptors (Lipinski definition) is 4. The molecule has 2 aromatic rings. The number of amides is 1. The number of likely N-dealkylation sites (tertiary alicyclic amines) is 1. The van der Waals surface area contributed by atoms with E-state index in [1.54, 1.807) is 31.4 Å². The average molecular weight is 442 g/mol. The smallest absolute Gasteiger partial charge is 0.295 e.